The summed E-state index contributed by atoms with van der Waals surface area (Å²) in [4.78, 5) is 0. The fourth-order valence-electron chi connectivity index (χ4n) is 3.00. The molecule has 1 heteroatoms. The van der Waals surface area contributed by atoms with Crippen molar-refractivity contribution in [2.24, 2.45) is 0 Å². The molecule has 1 nitrogen and oxygen atoms in total. The van der Waals surface area contributed by atoms with Crippen LogP contribution in [0.2, 0.25) is 0 Å². The van der Waals surface area contributed by atoms with Gasteiger partial charge in [-0.15, -0.1) is 0 Å². The summed E-state index contributed by atoms with van der Waals surface area (Å²) in [7, 11) is 0. The van der Waals surface area contributed by atoms with Gasteiger partial charge in [-0.3, -0.25) is 0 Å². The molecule has 0 atom stereocenters. The van der Waals surface area contributed by atoms with Crippen LogP contribution in [0.5, 0.6) is 0 Å². The van der Waals surface area contributed by atoms with Crippen LogP contribution < -0.4 is 0 Å². The Balaban J connectivity index is 2.13. The van der Waals surface area contributed by atoms with Crippen LogP contribution in [-0.4, -0.2) is 0 Å². The van der Waals surface area contributed by atoms with Crippen molar-refractivity contribution in [3.63, 3.8) is 0 Å². The van der Waals surface area contributed by atoms with Gasteiger partial charge in [-0.2, -0.15) is 0 Å². The summed E-state index contributed by atoms with van der Waals surface area (Å²) in [6.45, 7) is 4.26. The van der Waals surface area contributed by atoms with E-state index in [9.17, 15) is 0 Å². The van der Waals surface area contributed by atoms with Gasteiger partial charge in [-0.1, -0.05) is 48.0 Å². The molecule has 0 radical (unpaired) electrons. The van der Waals surface area contributed by atoms with Crippen LogP contribution in [0, 0.1) is 13.8 Å². The Labute approximate surface area is 123 Å². The average molecular weight is 272 g/mol. The molecule has 0 saturated carbocycles. The summed E-state index contributed by atoms with van der Waals surface area (Å²) in [6.07, 6.45) is 0. The van der Waals surface area contributed by atoms with Crippen LogP contribution in [0.3, 0.4) is 0 Å². The van der Waals surface area contributed by atoms with Gasteiger partial charge in [-0.05, 0) is 43.2 Å². The van der Waals surface area contributed by atoms with Crippen molar-refractivity contribution in [3.8, 4) is 11.1 Å². The van der Waals surface area contributed by atoms with Gasteiger partial charge in [0.1, 0.15) is 11.2 Å². The number of fused-ring (bicyclic) bond motifs is 3. The number of hydrogen-bond donors (Lipinski definition) is 0. The van der Waals surface area contributed by atoms with Crippen LogP contribution in [0.15, 0.2) is 65.1 Å². The Morgan fingerprint density at radius 1 is 0.714 bits per heavy atom. The molecule has 4 aromatic rings. The van der Waals surface area contributed by atoms with Gasteiger partial charge in [0, 0.05) is 16.3 Å². The van der Waals surface area contributed by atoms with Crippen molar-refractivity contribution in [2.45, 2.75) is 13.8 Å². The summed E-state index contributed by atoms with van der Waals surface area (Å²) in [5.41, 5.74) is 6.83. The summed E-state index contributed by atoms with van der Waals surface area (Å²) in [6, 6.07) is 21.2. The fourth-order valence-corrected chi connectivity index (χ4v) is 3.00. The third-order valence-electron chi connectivity index (χ3n) is 3.95. The molecule has 0 saturated heterocycles. The Bertz CT molecular complexity index is 960. The Morgan fingerprint density at radius 3 is 2.43 bits per heavy atom. The maximum Gasteiger partial charge on any atom is 0.143 e. The van der Waals surface area contributed by atoms with E-state index in [4.69, 9.17) is 4.42 Å². The average Bonchev–Trinajstić information content (AvgIpc) is 2.85. The van der Waals surface area contributed by atoms with E-state index in [-0.39, 0.29) is 0 Å². The molecule has 21 heavy (non-hydrogen) atoms. The van der Waals surface area contributed by atoms with E-state index in [0.29, 0.717) is 0 Å². The highest BCUT2D eigenvalue weighted by Crippen LogP contribution is 2.36. The van der Waals surface area contributed by atoms with E-state index in [2.05, 4.69) is 62.4 Å². The molecule has 0 N–H and O–H groups in total. The van der Waals surface area contributed by atoms with Crippen LogP contribution in [0.4, 0.5) is 0 Å². The standard InChI is InChI=1S/C20H16O/c1-13-6-5-7-15(10-13)17-11-14(2)12-18-16-8-3-4-9-19(16)21-20(17)18/h3-12H,1-2H3. The van der Waals surface area contributed by atoms with Crippen molar-refractivity contribution < 1.29 is 4.42 Å². The molecule has 0 aliphatic heterocycles. The maximum atomic E-state index is 6.13. The van der Waals surface area contributed by atoms with Crippen molar-refractivity contribution >= 4 is 21.9 Å². The largest absolute Gasteiger partial charge is 0.455 e. The summed E-state index contributed by atoms with van der Waals surface area (Å²) in [5.74, 6) is 0. The highest BCUT2D eigenvalue weighted by Gasteiger charge is 2.12. The predicted molar refractivity (Wildman–Crippen MR) is 88.6 cm³/mol. The van der Waals surface area contributed by atoms with Crippen molar-refractivity contribution in [2.75, 3.05) is 0 Å². The number of furan rings is 1. The second-order valence-electron chi connectivity index (χ2n) is 5.66. The number of hydrogen-bond acceptors (Lipinski definition) is 1. The van der Waals surface area contributed by atoms with E-state index in [1.54, 1.807) is 0 Å². The molecule has 0 bridgehead atoms. The molecule has 3 aromatic carbocycles. The van der Waals surface area contributed by atoms with Gasteiger partial charge >= 0.3 is 0 Å². The zero-order chi connectivity index (χ0) is 14.4. The van der Waals surface area contributed by atoms with E-state index < -0.39 is 0 Å². The maximum absolute atomic E-state index is 6.13. The van der Waals surface area contributed by atoms with Gasteiger partial charge in [0.25, 0.3) is 0 Å². The quantitative estimate of drug-likeness (QED) is 0.422. The number of benzene rings is 3. The molecular formula is C20H16O. The second kappa shape index (κ2) is 4.49. The Morgan fingerprint density at radius 2 is 1.57 bits per heavy atom. The Hall–Kier alpha value is -2.54. The molecule has 0 fully saturated rings. The fraction of sp³-hybridized carbons (Fsp3) is 0.100. The molecule has 0 amide bonds. The third kappa shape index (κ3) is 1.93. The minimum atomic E-state index is 0.951. The van der Waals surface area contributed by atoms with Gasteiger partial charge in [0.05, 0.1) is 0 Å². The lowest BCUT2D eigenvalue weighted by atomic mass is 9.98. The van der Waals surface area contributed by atoms with Crippen molar-refractivity contribution in [1.29, 1.82) is 0 Å². The van der Waals surface area contributed by atoms with Gasteiger partial charge in [-0.25, -0.2) is 0 Å². The zero-order valence-electron chi connectivity index (χ0n) is 12.2. The second-order valence-corrected chi connectivity index (χ2v) is 5.66. The van der Waals surface area contributed by atoms with E-state index >= 15 is 0 Å². The monoisotopic (exact) mass is 272 g/mol. The van der Waals surface area contributed by atoms with Gasteiger partial charge in [0.2, 0.25) is 0 Å². The van der Waals surface area contributed by atoms with Gasteiger partial charge < -0.3 is 4.42 Å². The topological polar surface area (TPSA) is 13.1 Å². The lowest BCUT2D eigenvalue weighted by Gasteiger charge is -2.05. The van der Waals surface area contributed by atoms with Crippen molar-refractivity contribution in [3.05, 3.63) is 71.8 Å². The molecule has 0 aliphatic rings. The SMILES string of the molecule is Cc1cccc(-c2cc(C)cc3c2oc2ccccc23)c1. The highest BCUT2D eigenvalue weighted by atomic mass is 16.3. The predicted octanol–water partition coefficient (Wildman–Crippen LogP) is 5.87. The van der Waals surface area contributed by atoms with Crippen LogP contribution in [-0.2, 0) is 0 Å². The molecule has 102 valence electrons. The van der Waals surface area contributed by atoms with Crippen LogP contribution in [0.25, 0.3) is 33.1 Å². The first-order valence-corrected chi connectivity index (χ1v) is 7.21. The van der Waals surface area contributed by atoms with E-state index in [0.717, 1.165) is 11.2 Å². The Kier molecular flexibility index (Phi) is 2.61. The van der Waals surface area contributed by atoms with Crippen LogP contribution >= 0.6 is 0 Å². The van der Waals surface area contributed by atoms with Crippen LogP contribution in [0.1, 0.15) is 11.1 Å². The normalized spacial score (nSPS) is 11.3. The molecule has 4 rings (SSSR count). The lowest BCUT2D eigenvalue weighted by molar-refractivity contribution is 0.670. The van der Waals surface area contributed by atoms with E-state index in [1.165, 1.54) is 33.0 Å². The molecule has 0 unspecified atom stereocenters. The summed E-state index contributed by atoms with van der Waals surface area (Å²) in [5, 5.41) is 2.38. The number of para-hydroxylation sites is 1. The molecule has 1 aromatic heterocycles. The van der Waals surface area contributed by atoms with Gasteiger partial charge in [0.15, 0.2) is 0 Å². The highest BCUT2D eigenvalue weighted by molar-refractivity contribution is 6.09. The third-order valence-corrected chi connectivity index (χ3v) is 3.95. The first-order chi connectivity index (χ1) is 10.2. The molecule has 0 aliphatic carbocycles. The summed E-state index contributed by atoms with van der Waals surface area (Å²) >= 11 is 0. The molecule has 0 spiro atoms. The first-order valence-electron chi connectivity index (χ1n) is 7.21. The zero-order valence-corrected chi connectivity index (χ0v) is 12.2. The molecule has 1 heterocycles. The minimum absolute atomic E-state index is 0.951. The number of rotatable bonds is 1. The molecular weight excluding hydrogens is 256 g/mol. The smallest absolute Gasteiger partial charge is 0.143 e. The minimum Gasteiger partial charge on any atom is -0.455 e. The first kappa shape index (κ1) is 12.2. The van der Waals surface area contributed by atoms with E-state index in [1.807, 2.05) is 12.1 Å². The van der Waals surface area contributed by atoms with Crippen molar-refractivity contribution in [1.82, 2.24) is 0 Å². The lowest BCUT2D eigenvalue weighted by Crippen LogP contribution is -1.82. The summed E-state index contributed by atoms with van der Waals surface area (Å²) < 4.78 is 6.13. The number of aryl methyl sites for hydroxylation is 2.